The molecule has 0 aromatic carbocycles. The van der Waals surface area contributed by atoms with E-state index in [0.29, 0.717) is 5.82 Å². The van der Waals surface area contributed by atoms with Gasteiger partial charge in [-0.15, -0.1) is 0 Å². The first-order valence-electron chi connectivity index (χ1n) is 7.31. The van der Waals surface area contributed by atoms with Crippen LogP contribution in [0.1, 0.15) is 45.4 Å². The van der Waals surface area contributed by atoms with E-state index in [9.17, 15) is 0 Å². The van der Waals surface area contributed by atoms with Crippen LogP contribution in [0.3, 0.4) is 0 Å². The molecule has 1 aliphatic carbocycles. The van der Waals surface area contributed by atoms with E-state index in [2.05, 4.69) is 27.6 Å². The minimum atomic E-state index is 0.672. The Balaban J connectivity index is 1.98. The van der Waals surface area contributed by atoms with E-state index < -0.39 is 0 Å². The molecule has 106 valence electrons. The lowest BCUT2D eigenvalue weighted by Crippen LogP contribution is -2.25. The lowest BCUT2D eigenvalue weighted by Gasteiger charge is -2.29. The first kappa shape index (κ1) is 14.1. The predicted molar refractivity (Wildman–Crippen MR) is 78.8 cm³/mol. The number of hydrogen-bond donors (Lipinski definition) is 3. The maximum absolute atomic E-state index is 5.44. The molecule has 0 saturated heterocycles. The third kappa shape index (κ3) is 3.80. The van der Waals surface area contributed by atoms with Crippen molar-refractivity contribution in [2.24, 2.45) is 17.7 Å². The van der Waals surface area contributed by atoms with Gasteiger partial charge < -0.3 is 10.7 Å². The van der Waals surface area contributed by atoms with Crippen LogP contribution in [0, 0.1) is 11.8 Å². The van der Waals surface area contributed by atoms with Crippen LogP contribution in [0.25, 0.3) is 0 Å². The Labute approximate surface area is 115 Å². The van der Waals surface area contributed by atoms with Crippen LogP contribution in [0.5, 0.6) is 0 Å². The Morgan fingerprint density at radius 2 is 2.00 bits per heavy atom. The Kier molecular flexibility index (Phi) is 4.96. The van der Waals surface area contributed by atoms with Crippen LogP contribution in [0.4, 0.5) is 11.6 Å². The number of rotatable bonds is 5. The van der Waals surface area contributed by atoms with E-state index in [1.807, 2.05) is 13.0 Å². The minimum absolute atomic E-state index is 0.672. The molecule has 2 unspecified atom stereocenters. The van der Waals surface area contributed by atoms with Crippen molar-refractivity contribution in [3.05, 3.63) is 11.9 Å². The van der Waals surface area contributed by atoms with E-state index in [4.69, 9.17) is 5.84 Å². The molecular weight excluding hydrogens is 238 g/mol. The zero-order valence-corrected chi connectivity index (χ0v) is 11.9. The van der Waals surface area contributed by atoms with Crippen molar-refractivity contribution in [1.82, 2.24) is 9.97 Å². The van der Waals surface area contributed by atoms with Crippen LogP contribution in [0.15, 0.2) is 6.07 Å². The normalized spacial score (nSPS) is 23.1. The maximum atomic E-state index is 5.44. The lowest BCUT2D eigenvalue weighted by molar-refractivity contribution is 0.268. The van der Waals surface area contributed by atoms with Crippen molar-refractivity contribution in [2.75, 3.05) is 17.3 Å². The minimum Gasteiger partial charge on any atom is -0.370 e. The second kappa shape index (κ2) is 6.70. The van der Waals surface area contributed by atoms with Gasteiger partial charge in [-0.3, -0.25) is 0 Å². The molecule has 5 nitrogen and oxygen atoms in total. The van der Waals surface area contributed by atoms with Gasteiger partial charge in [0.05, 0.1) is 0 Å². The van der Waals surface area contributed by atoms with E-state index in [0.717, 1.165) is 36.4 Å². The van der Waals surface area contributed by atoms with Crippen LogP contribution < -0.4 is 16.6 Å². The van der Waals surface area contributed by atoms with Gasteiger partial charge in [0, 0.05) is 19.0 Å². The van der Waals surface area contributed by atoms with Crippen molar-refractivity contribution in [3.8, 4) is 0 Å². The summed E-state index contributed by atoms with van der Waals surface area (Å²) < 4.78 is 0. The second-order valence-corrected chi connectivity index (χ2v) is 5.46. The monoisotopic (exact) mass is 263 g/mol. The van der Waals surface area contributed by atoms with Gasteiger partial charge in [0.1, 0.15) is 17.5 Å². The van der Waals surface area contributed by atoms with Crippen molar-refractivity contribution in [3.63, 3.8) is 0 Å². The number of nitrogens with zero attached hydrogens (tertiary/aromatic N) is 2. The average molecular weight is 263 g/mol. The highest BCUT2D eigenvalue weighted by atomic mass is 15.3. The van der Waals surface area contributed by atoms with Crippen molar-refractivity contribution in [1.29, 1.82) is 0 Å². The molecule has 2 atom stereocenters. The Hall–Kier alpha value is -1.36. The van der Waals surface area contributed by atoms with E-state index in [1.165, 1.54) is 25.7 Å². The molecule has 0 aliphatic heterocycles. The van der Waals surface area contributed by atoms with Crippen molar-refractivity contribution in [2.45, 2.75) is 46.0 Å². The average Bonchev–Trinajstić information content (AvgIpc) is 2.46. The van der Waals surface area contributed by atoms with Gasteiger partial charge in [0.25, 0.3) is 0 Å². The molecule has 0 radical (unpaired) electrons. The molecular formula is C14H25N5. The Morgan fingerprint density at radius 3 is 2.68 bits per heavy atom. The maximum Gasteiger partial charge on any atom is 0.145 e. The smallest absolute Gasteiger partial charge is 0.145 e. The number of nitrogens with two attached hydrogens (primary N) is 1. The summed E-state index contributed by atoms with van der Waals surface area (Å²) in [6, 6.07) is 1.87. The van der Waals surface area contributed by atoms with Gasteiger partial charge in [0.2, 0.25) is 0 Å². The third-order valence-electron chi connectivity index (χ3n) is 4.07. The fourth-order valence-electron chi connectivity index (χ4n) is 2.75. The van der Waals surface area contributed by atoms with Crippen LogP contribution in [-0.2, 0) is 6.42 Å². The summed E-state index contributed by atoms with van der Waals surface area (Å²) in [6.07, 6.45) is 6.22. The Morgan fingerprint density at radius 1 is 1.26 bits per heavy atom. The second-order valence-electron chi connectivity index (χ2n) is 5.46. The SMILES string of the molecule is CCc1nc(NN)cc(NCC2CCCCC2C)n1. The third-order valence-corrected chi connectivity index (χ3v) is 4.07. The zero-order chi connectivity index (χ0) is 13.7. The fraction of sp³-hybridized carbons (Fsp3) is 0.714. The quantitative estimate of drug-likeness (QED) is 0.562. The summed E-state index contributed by atoms with van der Waals surface area (Å²) in [5.74, 6) is 9.35. The first-order chi connectivity index (χ1) is 9.22. The molecule has 1 fully saturated rings. The van der Waals surface area contributed by atoms with Crippen LogP contribution in [0.2, 0.25) is 0 Å². The topological polar surface area (TPSA) is 75.9 Å². The molecule has 2 rings (SSSR count). The summed E-state index contributed by atoms with van der Waals surface area (Å²) in [5.41, 5.74) is 2.60. The van der Waals surface area contributed by atoms with Crippen molar-refractivity contribution >= 4 is 11.6 Å². The van der Waals surface area contributed by atoms with E-state index >= 15 is 0 Å². The van der Waals surface area contributed by atoms with Gasteiger partial charge in [-0.1, -0.05) is 33.1 Å². The molecule has 0 amide bonds. The zero-order valence-electron chi connectivity index (χ0n) is 11.9. The molecule has 1 aromatic heterocycles. The number of nitrogen functional groups attached to an aromatic ring is 1. The lowest BCUT2D eigenvalue weighted by atomic mass is 9.80. The predicted octanol–water partition coefficient (Wildman–Crippen LogP) is 2.56. The fourth-order valence-corrected chi connectivity index (χ4v) is 2.75. The number of aromatic nitrogens is 2. The number of hydrazine groups is 1. The van der Waals surface area contributed by atoms with Gasteiger partial charge in [0.15, 0.2) is 0 Å². The van der Waals surface area contributed by atoms with E-state index in [-0.39, 0.29) is 0 Å². The molecule has 1 aromatic rings. The summed E-state index contributed by atoms with van der Waals surface area (Å²) in [5, 5.41) is 3.45. The van der Waals surface area contributed by atoms with Crippen LogP contribution in [-0.4, -0.2) is 16.5 Å². The van der Waals surface area contributed by atoms with Crippen molar-refractivity contribution < 1.29 is 0 Å². The number of hydrogen-bond acceptors (Lipinski definition) is 5. The number of nitrogens with one attached hydrogen (secondary N) is 2. The highest BCUT2D eigenvalue weighted by Crippen LogP contribution is 2.29. The molecule has 1 aliphatic rings. The van der Waals surface area contributed by atoms with Gasteiger partial charge >= 0.3 is 0 Å². The first-order valence-corrected chi connectivity index (χ1v) is 7.31. The molecule has 4 N–H and O–H groups in total. The van der Waals surface area contributed by atoms with Gasteiger partial charge in [-0.2, -0.15) is 0 Å². The van der Waals surface area contributed by atoms with Crippen LogP contribution >= 0.6 is 0 Å². The molecule has 1 heterocycles. The molecule has 1 saturated carbocycles. The summed E-state index contributed by atoms with van der Waals surface area (Å²) >= 11 is 0. The summed E-state index contributed by atoms with van der Waals surface area (Å²) in [7, 11) is 0. The largest absolute Gasteiger partial charge is 0.370 e. The molecule has 0 spiro atoms. The van der Waals surface area contributed by atoms with E-state index in [1.54, 1.807) is 0 Å². The number of aryl methyl sites for hydroxylation is 1. The summed E-state index contributed by atoms with van der Waals surface area (Å²) in [4.78, 5) is 8.78. The molecule has 5 heteroatoms. The van der Waals surface area contributed by atoms with Gasteiger partial charge in [-0.05, 0) is 18.3 Å². The summed E-state index contributed by atoms with van der Waals surface area (Å²) in [6.45, 7) is 5.39. The molecule has 0 bridgehead atoms. The molecule has 19 heavy (non-hydrogen) atoms. The highest BCUT2D eigenvalue weighted by Gasteiger charge is 2.21. The Bertz CT molecular complexity index is 385. The standard InChI is InChI=1S/C14H25N5/c1-3-12-17-13(8-14(18-12)19-15)16-9-11-7-5-4-6-10(11)2/h8,10-11H,3-7,9,15H2,1-2H3,(H2,16,17,18,19). The number of anilines is 2. The van der Waals surface area contributed by atoms with Gasteiger partial charge in [-0.25, -0.2) is 15.8 Å². The highest BCUT2D eigenvalue weighted by molar-refractivity contribution is 5.46.